The van der Waals surface area contributed by atoms with Crippen LogP contribution in [-0.4, -0.2) is 21.9 Å². The highest BCUT2D eigenvalue weighted by atomic mass is 127. The summed E-state index contributed by atoms with van der Waals surface area (Å²) < 4.78 is 2.60. The first-order valence-corrected chi connectivity index (χ1v) is 7.69. The molecule has 0 fully saturated rings. The third kappa shape index (κ3) is 8.04. The molecule has 0 aromatic rings. The van der Waals surface area contributed by atoms with Crippen LogP contribution >= 0.6 is 45.2 Å². The number of nitrogens with one attached hydrogen (secondary N) is 1. The summed E-state index contributed by atoms with van der Waals surface area (Å²) in [6.07, 6.45) is 6.83. The summed E-state index contributed by atoms with van der Waals surface area (Å²) in [5.41, 5.74) is 0. The topological polar surface area (TPSA) is 12.0 Å². The standard InChI is InChI=1S/C9H19I2N/c1-12-9(6-4-8-11)5-2-3-7-10/h9,12H,2-8H2,1H3. The summed E-state index contributed by atoms with van der Waals surface area (Å²) in [5, 5.41) is 3.39. The van der Waals surface area contributed by atoms with Crippen molar-refractivity contribution in [2.75, 3.05) is 15.9 Å². The zero-order valence-electron chi connectivity index (χ0n) is 7.78. The van der Waals surface area contributed by atoms with Crippen molar-refractivity contribution >= 4 is 45.2 Å². The quantitative estimate of drug-likeness (QED) is 0.378. The van der Waals surface area contributed by atoms with E-state index in [4.69, 9.17) is 0 Å². The number of hydrogen-bond acceptors (Lipinski definition) is 1. The fourth-order valence-electron chi connectivity index (χ4n) is 1.24. The first-order valence-electron chi connectivity index (χ1n) is 4.64. The summed E-state index contributed by atoms with van der Waals surface area (Å²) in [5.74, 6) is 0. The Morgan fingerprint density at radius 1 is 1.00 bits per heavy atom. The Balaban J connectivity index is 3.26. The van der Waals surface area contributed by atoms with Gasteiger partial charge in [-0.1, -0.05) is 51.6 Å². The van der Waals surface area contributed by atoms with Crippen molar-refractivity contribution in [1.29, 1.82) is 0 Å². The Hall–Kier alpha value is 1.42. The highest BCUT2D eigenvalue weighted by Gasteiger charge is 2.03. The second-order valence-corrected chi connectivity index (χ2v) is 5.16. The molecule has 3 heteroatoms. The van der Waals surface area contributed by atoms with Crippen molar-refractivity contribution < 1.29 is 0 Å². The molecule has 1 nitrogen and oxygen atoms in total. The van der Waals surface area contributed by atoms with Gasteiger partial charge in [-0.25, -0.2) is 0 Å². The molecule has 0 rings (SSSR count). The van der Waals surface area contributed by atoms with Gasteiger partial charge in [-0.05, 0) is 41.6 Å². The van der Waals surface area contributed by atoms with E-state index in [9.17, 15) is 0 Å². The van der Waals surface area contributed by atoms with E-state index in [0.717, 1.165) is 6.04 Å². The smallest absolute Gasteiger partial charge is 0.00643 e. The lowest BCUT2D eigenvalue weighted by molar-refractivity contribution is 0.471. The highest BCUT2D eigenvalue weighted by molar-refractivity contribution is 14.1. The Morgan fingerprint density at radius 2 is 1.58 bits per heavy atom. The van der Waals surface area contributed by atoms with Crippen molar-refractivity contribution in [3.05, 3.63) is 0 Å². The maximum atomic E-state index is 3.39. The number of halogens is 2. The molecule has 0 heterocycles. The fraction of sp³-hybridized carbons (Fsp3) is 1.00. The molecular weight excluding hydrogens is 376 g/mol. The maximum Gasteiger partial charge on any atom is 0.00643 e. The molecule has 0 aliphatic rings. The summed E-state index contributed by atoms with van der Waals surface area (Å²) in [6, 6.07) is 0.766. The van der Waals surface area contributed by atoms with Crippen molar-refractivity contribution in [2.45, 2.75) is 38.1 Å². The lowest BCUT2D eigenvalue weighted by Gasteiger charge is -2.14. The van der Waals surface area contributed by atoms with Gasteiger partial charge in [0.05, 0.1) is 0 Å². The van der Waals surface area contributed by atoms with Crippen molar-refractivity contribution in [3.8, 4) is 0 Å². The third-order valence-corrected chi connectivity index (χ3v) is 3.56. The molecule has 12 heavy (non-hydrogen) atoms. The second-order valence-electron chi connectivity index (χ2n) is 3.00. The molecule has 0 aromatic heterocycles. The number of rotatable bonds is 8. The first-order chi connectivity index (χ1) is 5.85. The van der Waals surface area contributed by atoms with Gasteiger partial charge in [0, 0.05) is 6.04 Å². The minimum absolute atomic E-state index is 0.766. The molecule has 0 spiro atoms. The summed E-state index contributed by atoms with van der Waals surface area (Å²) >= 11 is 4.91. The minimum atomic E-state index is 0.766. The molecule has 0 amide bonds. The van der Waals surface area contributed by atoms with Crippen LogP contribution in [0.2, 0.25) is 0 Å². The van der Waals surface area contributed by atoms with Crippen LogP contribution in [0.25, 0.3) is 0 Å². The van der Waals surface area contributed by atoms with Crippen molar-refractivity contribution in [1.82, 2.24) is 5.32 Å². The van der Waals surface area contributed by atoms with Crippen LogP contribution in [-0.2, 0) is 0 Å². The van der Waals surface area contributed by atoms with Crippen LogP contribution < -0.4 is 5.32 Å². The fourth-order valence-corrected chi connectivity index (χ4v) is 2.22. The van der Waals surface area contributed by atoms with E-state index < -0.39 is 0 Å². The summed E-state index contributed by atoms with van der Waals surface area (Å²) in [4.78, 5) is 0. The SMILES string of the molecule is CNC(CCCI)CCCCI. The molecular formula is C9H19I2N. The highest BCUT2D eigenvalue weighted by Crippen LogP contribution is 2.08. The molecule has 1 N–H and O–H groups in total. The Kier molecular flexibility index (Phi) is 11.7. The van der Waals surface area contributed by atoms with Crippen LogP contribution in [0.15, 0.2) is 0 Å². The van der Waals surface area contributed by atoms with Crippen LogP contribution in [0.4, 0.5) is 0 Å². The molecule has 1 atom stereocenters. The summed E-state index contributed by atoms with van der Waals surface area (Å²) in [7, 11) is 2.09. The van der Waals surface area contributed by atoms with Crippen LogP contribution in [0.5, 0.6) is 0 Å². The van der Waals surface area contributed by atoms with Crippen molar-refractivity contribution in [3.63, 3.8) is 0 Å². The normalized spacial score (nSPS) is 13.2. The molecule has 74 valence electrons. The van der Waals surface area contributed by atoms with E-state index in [1.165, 1.54) is 41.0 Å². The largest absolute Gasteiger partial charge is 0.317 e. The Labute approximate surface area is 104 Å². The van der Waals surface area contributed by atoms with Gasteiger partial charge in [0.1, 0.15) is 0 Å². The van der Waals surface area contributed by atoms with Crippen LogP contribution in [0.3, 0.4) is 0 Å². The number of unbranched alkanes of at least 4 members (excludes halogenated alkanes) is 1. The zero-order valence-corrected chi connectivity index (χ0v) is 12.1. The van der Waals surface area contributed by atoms with E-state index in [-0.39, 0.29) is 0 Å². The van der Waals surface area contributed by atoms with Gasteiger partial charge in [-0.15, -0.1) is 0 Å². The Bertz CT molecular complexity index is 88.6. The van der Waals surface area contributed by atoms with E-state index in [1.54, 1.807) is 0 Å². The molecule has 1 unspecified atom stereocenters. The van der Waals surface area contributed by atoms with Gasteiger partial charge in [-0.3, -0.25) is 0 Å². The second kappa shape index (κ2) is 10.5. The third-order valence-electron chi connectivity index (χ3n) is 2.03. The monoisotopic (exact) mass is 395 g/mol. The van der Waals surface area contributed by atoms with E-state index in [2.05, 4.69) is 57.5 Å². The molecule has 0 saturated heterocycles. The molecule has 0 radical (unpaired) electrons. The molecule has 0 aromatic carbocycles. The molecule has 0 aliphatic carbocycles. The lowest BCUT2D eigenvalue weighted by Crippen LogP contribution is -2.25. The predicted molar refractivity (Wildman–Crippen MR) is 73.7 cm³/mol. The first kappa shape index (κ1) is 13.4. The van der Waals surface area contributed by atoms with Gasteiger partial charge in [0.2, 0.25) is 0 Å². The minimum Gasteiger partial charge on any atom is -0.317 e. The van der Waals surface area contributed by atoms with E-state index >= 15 is 0 Å². The summed E-state index contributed by atoms with van der Waals surface area (Å²) in [6.45, 7) is 0. The predicted octanol–water partition coefficient (Wildman–Crippen LogP) is 3.39. The molecule has 0 saturated carbocycles. The van der Waals surface area contributed by atoms with Gasteiger partial charge in [0.15, 0.2) is 0 Å². The van der Waals surface area contributed by atoms with Gasteiger partial charge in [-0.2, -0.15) is 0 Å². The molecule has 0 aliphatic heterocycles. The van der Waals surface area contributed by atoms with Crippen molar-refractivity contribution in [2.24, 2.45) is 0 Å². The zero-order chi connectivity index (χ0) is 9.23. The Morgan fingerprint density at radius 3 is 2.08 bits per heavy atom. The number of hydrogen-bond donors (Lipinski definition) is 1. The van der Waals surface area contributed by atoms with E-state index in [0.29, 0.717) is 0 Å². The average molecular weight is 395 g/mol. The lowest BCUT2D eigenvalue weighted by atomic mass is 10.1. The average Bonchev–Trinajstić information content (AvgIpc) is 2.11. The molecule has 0 bridgehead atoms. The van der Waals surface area contributed by atoms with Gasteiger partial charge in [0.25, 0.3) is 0 Å². The maximum absolute atomic E-state index is 3.39. The number of alkyl halides is 2. The van der Waals surface area contributed by atoms with Gasteiger partial charge >= 0.3 is 0 Å². The van der Waals surface area contributed by atoms with E-state index in [1.807, 2.05) is 0 Å². The van der Waals surface area contributed by atoms with Gasteiger partial charge < -0.3 is 5.32 Å². The van der Waals surface area contributed by atoms with Crippen LogP contribution in [0, 0.1) is 0 Å². The van der Waals surface area contributed by atoms with Crippen LogP contribution in [0.1, 0.15) is 32.1 Å².